The molecule has 0 spiro atoms. The Labute approximate surface area is 99.1 Å². The molecule has 0 aromatic heterocycles. The van der Waals surface area contributed by atoms with Crippen molar-refractivity contribution < 1.29 is 13.2 Å². The number of halogens is 1. The van der Waals surface area contributed by atoms with E-state index in [9.17, 15) is 8.42 Å². The van der Waals surface area contributed by atoms with Gasteiger partial charge in [0, 0.05) is 22.3 Å². The summed E-state index contributed by atoms with van der Waals surface area (Å²) in [5, 5.41) is 0. The van der Waals surface area contributed by atoms with Crippen LogP contribution in [0.15, 0.2) is 29.2 Å². The first-order valence-corrected chi connectivity index (χ1v) is 7.06. The molecule has 0 aliphatic carbocycles. The lowest BCUT2D eigenvalue weighted by Gasteiger charge is -2.27. The van der Waals surface area contributed by atoms with E-state index in [4.69, 9.17) is 15.4 Å². The second kappa shape index (κ2) is 3.50. The van der Waals surface area contributed by atoms with Crippen LogP contribution >= 0.6 is 10.7 Å². The van der Waals surface area contributed by atoms with Gasteiger partial charge in [-0.15, -0.1) is 0 Å². The fourth-order valence-corrected chi connectivity index (χ4v) is 2.27. The zero-order chi connectivity index (χ0) is 12.0. The van der Waals surface area contributed by atoms with Gasteiger partial charge in [0.25, 0.3) is 9.05 Å². The minimum atomic E-state index is -3.71. The van der Waals surface area contributed by atoms with Gasteiger partial charge in [-0.05, 0) is 32.1 Å². The molecule has 1 aromatic carbocycles. The molecule has 0 N–H and O–H groups in total. The number of fused-ring (bicyclic) bond motifs is 1. The molecule has 1 aliphatic heterocycles. The molecular weight excluding hydrogens is 248 g/mol. The zero-order valence-electron chi connectivity index (χ0n) is 8.90. The average molecular weight is 259 g/mol. The third kappa shape index (κ3) is 2.23. The Kier molecular flexibility index (Phi) is 2.51. The smallest absolute Gasteiger partial charge is 0.261 e. The summed E-state index contributed by atoms with van der Waals surface area (Å²) in [5.41, 5.74) is 0.421. The van der Waals surface area contributed by atoms with E-state index in [1.165, 1.54) is 12.1 Å². The van der Waals surface area contributed by atoms with Gasteiger partial charge in [-0.2, -0.15) is 0 Å². The fourth-order valence-electron chi connectivity index (χ4n) is 1.50. The molecule has 0 amide bonds. The first-order chi connectivity index (χ1) is 7.28. The van der Waals surface area contributed by atoms with Crippen molar-refractivity contribution in [3.63, 3.8) is 0 Å². The molecule has 0 fully saturated rings. The molecule has 5 heteroatoms. The van der Waals surface area contributed by atoms with Gasteiger partial charge in [0.2, 0.25) is 0 Å². The molecular formula is C11H11ClO3S. The van der Waals surface area contributed by atoms with Crippen LogP contribution in [0.3, 0.4) is 0 Å². The molecule has 2 rings (SSSR count). The number of ether oxygens (including phenoxy) is 1. The van der Waals surface area contributed by atoms with Gasteiger partial charge < -0.3 is 4.74 Å². The summed E-state index contributed by atoms with van der Waals surface area (Å²) in [6.07, 6.45) is 3.83. The van der Waals surface area contributed by atoms with E-state index >= 15 is 0 Å². The molecule has 0 bridgehead atoms. The Morgan fingerprint density at radius 3 is 2.62 bits per heavy atom. The molecule has 0 radical (unpaired) electrons. The molecule has 16 heavy (non-hydrogen) atoms. The topological polar surface area (TPSA) is 43.4 Å². The standard InChI is InChI=1S/C11H11ClO3S/c1-11(2)6-5-8-3-4-9(16(12,13)14)7-10(8)15-11/h3-7H,1-2H3. The van der Waals surface area contributed by atoms with Crippen LogP contribution in [0.2, 0.25) is 0 Å². The molecule has 86 valence electrons. The van der Waals surface area contributed by atoms with Gasteiger partial charge in [0.15, 0.2) is 0 Å². The molecule has 0 atom stereocenters. The summed E-state index contributed by atoms with van der Waals surface area (Å²) in [7, 11) is 1.57. The van der Waals surface area contributed by atoms with Gasteiger partial charge in [0.1, 0.15) is 11.4 Å². The van der Waals surface area contributed by atoms with Gasteiger partial charge in [0.05, 0.1) is 4.90 Å². The van der Waals surface area contributed by atoms with Crippen molar-refractivity contribution in [2.75, 3.05) is 0 Å². The van der Waals surface area contributed by atoms with Crippen molar-refractivity contribution in [2.45, 2.75) is 24.3 Å². The molecule has 0 unspecified atom stereocenters. The highest BCUT2D eigenvalue weighted by molar-refractivity contribution is 8.13. The maximum absolute atomic E-state index is 11.2. The van der Waals surface area contributed by atoms with Gasteiger partial charge in [-0.25, -0.2) is 8.42 Å². The van der Waals surface area contributed by atoms with E-state index < -0.39 is 14.7 Å². The Balaban J connectivity index is 2.53. The molecule has 3 nitrogen and oxygen atoms in total. The maximum Gasteiger partial charge on any atom is 0.261 e. The van der Waals surface area contributed by atoms with Crippen molar-refractivity contribution in [3.05, 3.63) is 29.8 Å². The van der Waals surface area contributed by atoms with E-state index in [1.54, 1.807) is 6.07 Å². The third-order valence-electron chi connectivity index (χ3n) is 2.30. The first-order valence-electron chi connectivity index (χ1n) is 4.75. The van der Waals surface area contributed by atoms with Crippen molar-refractivity contribution >= 4 is 25.8 Å². The predicted octanol–water partition coefficient (Wildman–Crippen LogP) is 2.80. The minimum Gasteiger partial charge on any atom is -0.483 e. The number of benzene rings is 1. The molecule has 1 aliphatic rings. The van der Waals surface area contributed by atoms with Crippen LogP contribution in [-0.2, 0) is 9.05 Å². The van der Waals surface area contributed by atoms with Gasteiger partial charge in [-0.3, -0.25) is 0 Å². The molecule has 0 saturated heterocycles. The highest BCUT2D eigenvalue weighted by Gasteiger charge is 2.23. The van der Waals surface area contributed by atoms with Crippen LogP contribution in [0.1, 0.15) is 19.4 Å². The summed E-state index contributed by atoms with van der Waals surface area (Å²) in [6.45, 7) is 3.79. The number of rotatable bonds is 1. The lowest BCUT2D eigenvalue weighted by Crippen LogP contribution is -2.27. The van der Waals surface area contributed by atoms with Crippen LogP contribution in [0, 0.1) is 0 Å². The Morgan fingerprint density at radius 1 is 1.31 bits per heavy atom. The van der Waals surface area contributed by atoms with Crippen LogP contribution < -0.4 is 4.74 Å². The third-order valence-corrected chi connectivity index (χ3v) is 3.66. The normalized spacial score (nSPS) is 17.7. The highest BCUT2D eigenvalue weighted by Crippen LogP contribution is 2.33. The van der Waals surface area contributed by atoms with E-state index in [-0.39, 0.29) is 4.90 Å². The van der Waals surface area contributed by atoms with Crippen molar-refractivity contribution in [1.82, 2.24) is 0 Å². The van der Waals surface area contributed by atoms with Gasteiger partial charge in [-0.1, -0.05) is 6.08 Å². The summed E-state index contributed by atoms with van der Waals surface area (Å²) >= 11 is 0. The van der Waals surface area contributed by atoms with E-state index in [1.807, 2.05) is 26.0 Å². The number of hydrogen-bond acceptors (Lipinski definition) is 3. The minimum absolute atomic E-state index is 0.0546. The lowest BCUT2D eigenvalue weighted by molar-refractivity contribution is 0.158. The SMILES string of the molecule is CC1(C)C=Cc2ccc(S(=O)(=O)Cl)cc2O1. The molecule has 1 heterocycles. The lowest BCUT2D eigenvalue weighted by atomic mass is 10.0. The summed E-state index contributed by atoms with van der Waals surface area (Å²) in [4.78, 5) is 0.0546. The molecule has 1 aromatic rings. The van der Waals surface area contributed by atoms with Crippen molar-refractivity contribution in [2.24, 2.45) is 0 Å². The van der Waals surface area contributed by atoms with Crippen LogP contribution in [0.4, 0.5) is 0 Å². The maximum atomic E-state index is 11.2. The summed E-state index contributed by atoms with van der Waals surface area (Å²) < 4.78 is 28.0. The summed E-state index contributed by atoms with van der Waals surface area (Å²) in [5.74, 6) is 0.536. The Hall–Kier alpha value is -1.00. The van der Waals surface area contributed by atoms with E-state index in [2.05, 4.69) is 0 Å². The highest BCUT2D eigenvalue weighted by atomic mass is 35.7. The molecule has 0 saturated carbocycles. The van der Waals surface area contributed by atoms with E-state index in [0.29, 0.717) is 5.75 Å². The largest absolute Gasteiger partial charge is 0.483 e. The predicted molar refractivity (Wildman–Crippen MR) is 63.2 cm³/mol. The van der Waals surface area contributed by atoms with Crippen molar-refractivity contribution in [1.29, 1.82) is 0 Å². The van der Waals surface area contributed by atoms with Gasteiger partial charge >= 0.3 is 0 Å². The second-order valence-corrected chi connectivity index (χ2v) is 6.74. The summed E-state index contributed by atoms with van der Waals surface area (Å²) in [6, 6.07) is 4.59. The monoisotopic (exact) mass is 258 g/mol. The van der Waals surface area contributed by atoms with Crippen molar-refractivity contribution in [3.8, 4) is 5.75 Å². The van der Waals surface area contributed by atoms with E-state index in [0.717, 1.165) is 5.56 Å². The first kappa shape index (κ1) is 11.5. The number of hydrogen-bond donors (Lipinski definition) is 0. The average Bonchev–Trinajstić information content (AvgIpc) is 2.13. The fraction of sp³-hybridized carbons (Fsp3) is 0.273. The van der Waals surface area contributed by atoms with Crippen LogP contribution in [0.5, 0.6) is 5.75 Å². The quantitative estimate of drug-likeness (QED) is 0.728. The Bertz CT molecular complexity index is 559. The van der Waals surface area contributed by atoms with Crippen LogP contribution in [0.25, 0.3) is 6.08 Å². The Morgan fingerprint density at radius 2 is 2.00 bits per heavy atom. The second-order valence-electron chi connectivity index (χ2n) is 4.18. The zero-order valence-corrected chi connectivity index (χ0v) is 10.5. The van der Waals surface area contributed by atoms with Crippen LogP contribution in [-0.4, -0.2) is 14.0 Å².